The summed E-state index contributed by atoms with van der Waals surface area (Å²) in [6.45, 7) is 2.93. The molecule has 2 aromatic carbocycles. The van der Waals surface area contributed by atoms with Crippen molar-refractivity contribution >= 4 is 28.6 Å². The van der Waals surface area contributed by atoms with E-state index in [4.69, 9.17) is 0 Å². The molecular formula is C19H22N4O. The van der Waals surface area contributed by atoms with Crippen molar-refractivity contribution < 1.29 is 4.79 Å². The smallest absolute Gasteiger partial charge is 0.257 e. The van der Waals surface area contributed by atoms with E-state index in [9.17, 15) is 4.79 Å². The summed E-state index contributed by atoms with van der Waals surface area (Å²) in [5.74, 6) is 0.452. The van der Waals surface area contributed by atoms with Crippen LogP contribution in [-0.2, 0) is 6.54 Å². The van der Waals surface area contributed by atoms with Gasteiger partial charge in [0.2, 0.25) is 5.95 Å². The molecule has 0 spiro atoms. The first-order chi connectivity index (χ1) is 11.6. The molecule has 24 heavy (non-hydrogen) atoms. The van der Waals surface area contributed by atoms with Gasteiger partial charge in [-0.1, -0.05) is 19.1 Å². The predicted octanol–water partition coefficient (Wildman–Crippen LogP) is 3.76. The number of carbonyl (C=O) groups excluding carboxylic acids is 1. The number of hydrogen-bond donors (Lipinski definition) is 1. The second kappa shape index (κ2) is 6.74. The van der Waals surface area contributed by atoms with E-state index in [2.05, 4.69) is 21.8 Å². The minimum absolute atomic E-state index is 0.145. The van der Waals surface area contributed by atoms with E-state index in [0.717, 1.165) is 29.7 Å². The zero-order valence-corrected chi connectivity index (χ0v) is 14.3. The van der Waals surface area contributed by atoms with Crippen LogP contribution in [0.5, 0.6) is 0 Å². The lowest BCUT2D eigenvalue weighted by Crippen LogP contribution is -2.16. The molecule has 1 amide bonds. The Morgan fingerprint density at radius 2 is 1.83 bits per heavy atom. The van der Waals surface area contributed by atoms with Gasteiger partial charge in [-0.05, 0) is 42.8 Å². The summed E-state index contributed by atoms with van der Waals surface area (Å²) in [4.78, 5) is 19.1. The summed E-state index contributed by atoms with van der Waals surface area (Å²) in [6.07, 6.45) is 0.973. The lowest BCUT2D eigenvalue weighted by atomic mass is 10.2. The van der Waals surface area contributed by atoms with Gasteiger partial charge in [0.15, 0.2) is 0 Å². The van der Waals surface area contributed by atoms with E-state index in [1.54, 1.807) is 0 Å². The number of para-hydroxylation sites is 2. The van der Waals surface area contributed by atoms with Crippen molar-refractivity contribution in [1.82, 2.24) is 9.55 Å². The van der Waals surface area contributed by atoms with Gasteiger partial charge in [-0.2, -0.15) is 0 Å². The van der Waals surface area contributed by atoms with Crippen molar-refractivity contribution in [3.05, 3.63) is 54.1 Å². The number of benzene rings is 2. The highest BCUT2D eigenvalue weighted by Gasteiger charge is 2.14. The summed E-state index contributed by atoms with van der Waals surface area (Å²) in [6, 6.07) is 15.5. The molecule has 1 aromatic heterocycles. The van der Waals surface area contributed by atoms with Gasteiger partial charge >= 0.3 is 0 Å². The van der Waals surface area contributed by atoms with Crippen molar-refractivity contribution in [2.24, 2.45) is 0 Å². The molecule has 3 aromatic rings. The van der Waals surface area contributed by atoms with Gasteiger partial charge in [0.25, 0.3) is 5.91 Å². The molecule has 1 heterocycles. The topological polar surface area (TPSA) is 50.2 Å². The lowest BCUT2D eigenvalue weighted by Gasteiger charge is -2.13. The highest BCUT2D eigenvalue weighted by Crippen LogP contribution is 2.21. The Hall–Kier alpha value is -2.82. The Morgan fingerprint density at radius 1 is 1.12 bits per heavy atom. The quantitative estimate of drug-likeness (QED) is 0.778. The van der Waals surface area contributed by atoms with Crippen LogP contribution in [0.15, 0.2) is 48.5 Å². The molecule has 1 N–H and O–H groups in total. The summed E-state index contributed by atoms with van der Waals surface area (Å²) < 4.78 is 2.06. The van der Waals surface area contributed by atoms with Crippen molar-refractivity contribution in [1.29, 1.82) is 0 Å². The first kappa shape index (κ1) is 16.1. The maximum Gasteiger partial charge on any atom is 0.257 e. The van der Waals surface area contributed by atoms with Gasteiger partial charge < -0.3 is 9.47 Å². The maximum atomic E-state index is 12.6. The highest BCUT2D eigenvalue weighted by atomic mass is 16.1. The summed E-state index contributed by atoms with van der Waals surface area (Å²) >= 11 is 0. The fourth-order valence-electron chi connectivity index (χ4n) is 2.71. The minimum Gasteiger partial charge on any atom is -0.378 e. The number of anilines is 2. The Balaban J connectivity index is 1.88. The lowest BCUT2D eigenvalue weighted by molar-refractivity contribution is 0.102. The summed E-state index contributed by atoms with van der Waals surface area (Å²) in [5, 5.41) is 2.95. The van der Waals surface area contributed by atoms with E-state index < -0.39 is 0 Å². The molecule has 0 fully saturated rings. The number of hydrogen-bond acceptors (Lipinski definition) is 3. The van der Waals surface area contributed by atoms with E-state index in [1.807, 2.05) is 67.5 Å². The van der Waals surface area contributed by atoms with Crippen LogP contribution in [0.4, 0.5) is 11.6 Å². The highest BCUT2D eigenvalue weighted by molar-refractivity contribution is 6.04. The molecule has 0 saturated heterocycles. The Kier molecular flexibility index (Phi) is 4.51. The Bertz CT molecular complexity index is 849. The summed E-state index contributed by atoms with van der Waals surface area (Å²) in [5.41, 5.74) is 3.61. The van der Waals surface area contributed by atoms with Crippen molar-refractivity contribution in [2.45, 2.75) is 19.9 Å². The van der Waals surface area contributed by atoms with E-state index in [-0.39, 0.29) is 5.91 Å². The number of carbonyl (C=O) groups is 1. The Morgan fingerprint density at radius 3 is 2.50 bits per heavy atom. The number of nitrogens with one attached hydrogen (secondary N) is 1. The fourth-order valence-corrected chi connectivity index (χ4v) is 2.71. The molecule has 0 aliphatic carbocycles. The van der Waals surface area contributed by atoms with E-state index >= 15 is 0 Å². The molecule has 0 aliphatic rings. The van der Waals surface area contributed by atoms with Gasteiger partial charge in [-0.25, -0.2) is 4.98 Å². The normalized spacial score (nSPS) is 10.8. The number of nitrogens with zero attached hydrogens (tertiary/aromatic N) is 3. The predicted molar refractivity (Wildman–Crippen MR) is 98.7 cm³/mol. The van der Waals surface area contributed by atoms with Crippen LogP contribution in [-0.4, -0.2) is 29.6 Å². The zero-order valence-electron chi connectivity index (χ0n) is 14.3. The molecule has 0 bridgehead atoms. The molecule has 0 unspecified atom stereocenters. The molecule has 5 heteroatoms. The standard InChI is InChI=1S/C19H22N4O/c1-4-13-23-17-8-6-5-7-16(17)20-19(23)21-18(24)14-9-11-15(12-10-14)22(2)3/h5-12H,4,13H2,1-3H3,(H,20,21,24). The molecule has 0 aliphatic heterocycles. The maximum absolute atomic E-state index is 12.6. The SMILES string of the molecule is CCCn1c(NC(=O)c2ccc(N(C)C)cc2)nc2ccccc21. The minimum atomic E-state index is -0.145. The monoisotopic (exact) mass is 322 g/mol. The number of aromatic nitrogens is 2. The second-order valence-corrected chi connectivity index (χ2v) is 5.97. The largest absolute Gasteiger partial charge is 0.378 e. The van der Waals surface area contributed by atoms with Crippen LogP contribution in [0.1, 0.15) is 23.7 Å². The van der Waals surface area contributed by atoms with Gasteiger partial charge in [0.1, 0.15) is 0 Å². The molecule has 0 radical (unpaired) electrons. The molecule has 5 nitrogen and oxygen atoms in total. The van der Waals surface area contributed by atoms with Crippen LogP contribution in [0.2, 0.25) is 0 Å². The number of amides is 1. The average Bonchev–Trinajstić information content (AvgIpc) is 2.93. The van der Waals surface area contributed by atoms with Crippen molar-refractivity contribution in [3.63, 3.8) is 0 Å². The molecule has 3 rings (SSSR count). The van der Waals surface area contributed by atoms with Crippen LogP contribution in [0.25, 0.3) is 11.0 Å². The third-order valence-corrected chi connectivity index (χ3v) is 3.97. The van der Waals surface area contributed by atoms with Gasteiger partial charge in [0.05, 0.1) is 11.0 Å². The molecule has 0 saturated carbocycles. The average molecular weight is 322 g/mol. The van der Waals surface area contributed by atoms with Crippen molar-refractivity contribution in [3.8, 4) is 0 Å². The fraction of sp³-hybridized carbons (Fsp3) is 0.263. The van der Waals surface area contributed by atoms with E-state index in [1.165, 1.54) is 0 Å². The molecule has 0 atom stereocenters. The van der Waals surface area contributed by atoms with Crippen LogP contribution in [0, 0.1) is 0 Å². The third-order valence-electron chi connectivity index (χ3n) is 3.97. The first-order valence-electron chi connectivity index (χ1n) is 8.14. The zero-order chi connectivity index (χ0) is 17.1. The number of fused-ring (bicyclic) bond motifs is 1. The summed E-state index contributed by atoms with van der Waals surface area (Å²) in [7, 11) is 3.95. The van der Waals surface area contributed by atoms with Crippen molar-refractivity contribution in [2.75, 3.05) is 24.3 Å². The number of imidazole rings is 1. The van der Waals surface area contributed by atoms with Crippen LogP contribution >= 0.6 is 0 Å². The van der Waals surface area contributed by atoms with Gasteiger partial charge in [0, 0.05) is 31.9 Å². The number of rotatable bonds is 5. The van der Waals surface area contributed by atoms with Gasteiger partial charge in [-0.3, -0.25) is 10.1 Å². The van der Waals surface area contributed by atoms with Gasteiger partial charge in [-0.15, -0.1) is 0 Å². The Labute approximate surface area is 141 Å². The number of aryl methyl sites for hydroxylation is 1. The van der Waals surface area contributed by atoms with E-state index in [0.29, 0.717) is 11.5 Å². The van der Waals surface area contributed by atoms with Crippen LogP contribution in [0.3, 0.4) is 0 Å². The molecular weight excluding hydrogens is 300 g/mol. The second-order valence-electron chi connectivity index (χ2n) is 5.97. The first-order valence-corrected chi connectivity index (χ1v) is 8.14. The third kappa shape index (κ3) is 3.11. The van der Waals surface area contributed by atoms with Crippen LogP contribution < -0.4 is 10.2 Å². The molecule has 124 valence electrons.